The van der Waals surface area contributed by atoms with Crippen molar-refractivity contribution in [2.24, 2.45) is 0 Å². The number of halogens is 1. The fraction of sp³-hybridized carbons (Fsp3) is 0.350. The summed E-state index contributed by atoms with van der Waals surface area (Å²) in [7, 11) is 1.66. The van der Waals surface area contributed by atoms with Gasteiger partial charge in [-0.1, -0.05) is 24.3 Å². The summed E-state index contributed by atoms with van der Waals surface area (Å²) in [6.45, 7) is 3.74. The van der Waals surface area contributed by atoms with Crippen molar-refractivity contribution in [3.8, 4) is 5.75 Å². The summed E-state index contributed by atoms with van der Waals surface area (Å²) in [5, 5.41) is 6.54. The Hall–Kier alpha value is -2.22. The van der Waals surface area contributed by atoms with Gasteiger partial charge in [-0.05, 0) is 42.0 Å². The average Bonchev–Trinajstić information content (AvgIpc) is 2.71. The molecule has 1 atom stereocenters. The highest BCUT2D eigenvalue weighted by Gasteiger charge is 2.23. The van der Waals surface area contributed by atoms with Crippen molar-refractivity contribution in [3.05, 3.63) is 59.9 Å². The Labute approximate surface area is 164 Å². The fourth-order valence-corrected chi connectivity index (χ4v) is 3.28. The molecule has 0 bridgehead atoms. The molecule has 3 rings (SSSR count). The third-order valence-electron chi connectivity index (χ3n) is 4.57. The molecule has 0 radical (unpaired) electrons. The summed E-state index contributed by atoms with van der Waals surface area (Å²) in [4.78, 5) is 2.37. The number of morpholine rings is 1. The van der Waals surface area contributed by atoms with Gasteiger partial charge >= 0.3 is 0 Å². The number of hydrogen-bond acceptors (Lipinski definition) is 4. The minimum atomic E-state index is -0.332. The Morgan fingerprint density at radius 3 is 2.56 bits per heavy atom. The van der Waals surface area contributed by atoms with E-state index in [0.717, 1.165) is 18.8 Å². The van der Waals surface area contributed by atoms with Gasteiger partial charge in [-0.2, -0.15) is 0 Å². The van der Waals surface area contributed by atoms with Crippen LogP contribution < -0.4 is 15.4 Å². The largest absolute Gasteiger partial charge is 0.497 e. The first kappa shape index (κ1) is 19.5. The van der Waals surface area contributed by atoms with Crippen LogP contribution in [-0.4, -0.2) is 50.0 Å². The molecule has 0 aliphatic carbocycles. The smallest absolute Gasteiger partial charge is 0.170 e. The number of rotatable bonds is 6. The molecule has 27 heavy (non-hydrogen) atoms. The SMILES string of the molecule is COc1ccc(C(CNC(=S)Nc2ccccc2F)N2CCOCC2)cc1. The van der Waals surface area contributed by atoms with Crippen LogP contribution in [-0.2, 0) is 4.74 Å². The normalized spacial score (nSPS) is 15.8. The second kappa shape index (κ2) is 9.64. The molecule has 2 aromatic carbocycles. The number of anilines is 1. The van der Waals surface area contributed by atoms with Crippen LogP contribution >= 0.6 is 12.2 Å². The first-order valence-corrected chi connectivity index (χ1v) is 9.33. The molecule has 144 valence electrons. The maximum absolute atomic E-state index is 13.8. The van der Waals surface area contributed by atoms with E-state index in [9.17, 15) is 4.39 Å². The molecular formula is C20H24FN3O2S. The third kappa shape index (κ3) is 5.38. The summed E-state index contributed by atoms with van der Waals surface area (Å²) in [6, 6.07) is 14.6. The zero-order valence-electron chi connectivity index (χ0n) is 15.3. The average molecular weight is 389 g/mol. The molecule has 1 aliphatic rings. The number of thiocarbonyl (C=S) groups is 1. The lowest BCUT2D eigenvalue weighted by Crippen LogP contribution is -2.44. The quantitative estimate of drug-likeness (QED) is 0.740. The standard InChI is InChI=1S/C20H24FN3O2S/c1-25-16-8-6-15(7-9-16)19(24-10-12-26-13-11-24)14-22-20(27)23-18-5-3-2-4-17(18)21/h2-9,19H,10-14H2,1H3,(H2,22,23,27). The van der Waals surface area contributed by atoms with Crippen LogP contribution in [0.1, 0.15) is 11.6 Å². The summed E-state index contributed by atoms with van der Waals surface area (Å²) in [5.74, 6) is 0.491. The number of para-hydroxylation sites is 1. The minimum Gasteiger partial charge on any atom is -0.497 e. The highest BCUT2D eigenvalue weighted by Crippen LogP contribution is 2.23. The first-order valence-electron chi connectivity index (χ1n) is 8.92. The fourth-order valence-electron chi connectivity index (χ4n) is 3.09. The summed E-state index contributed by atoms with van der Waals surface area (Å²) in [6.07, 6.45) is 0. The lowest BCUT2D eigenvalue weighted by atomic mass is 10.0. The number of nitrogens with one attached hydrogen (secondary N) is 2. The van der Waals surface area contributed by atoms with Crippen LogP contribution in [0.25, 0.3) is 0 Å². The van der Waals surface area contributed by atoms with Gasteiger partial charge in [-0.3, -0.25) is 4.90 Å². The summed E-state index contributed by atoms with van der Waals surface area (Å²) >= 11 is 5.35. The number of nitrogens with zero attached hydrogens (tertiary/aromatic N) is 1. The number of ether oxygens (including phenoxy) is 2. The zero-order valence-corrected chi connectivity index (χ0v) is 16.1. The Morgan fingerprint density at radius 1 is 1.19 bits per heavy atom. The predicted octanol–water partition coefficient (Wildman–Crippen LogP) is 3.19. The Kier molecular flexibility index (Phi) is 6.98. The number of methoxy groups -OCH3 is 1. The zero-order chi connectivity index (χ0) is 19.1. The molecule has 1 saturated heterocycles. The van der Waals surface area contributed by atoms with Gasteiger partial charge in [0.05, 0.1) is 32.1 Å². The van der Waals surface area contributed by atoms with E-state index in [-0.39, 0.29) is 11.9 Å². The van der Waals surface area contributed by atoms with Gasteiger partial charge in [0.2, 0.25) is 0 Å². The Balaban J connectivity index is 1.67. The highest BCUT2D eigenvalue weighted by atomic mass is 32.1. The topological polar surface area (TPSA) is 45.8 Å². The van der Waals surface area contributed by atoms with Crippen molar-refractivity contribution in [1.29, 1.82) is 0 Å². The molecule has 1 fully saturated rings. The van der Waals surface area contributed by atoms with Crippen molar-refractivity contribution in [2.45, 2.75) is 6.04 Å². The van der Waals surface area contributed by atoms with Gasteiger partial charge in [0.15, 0.2) is 5.11 Å². The first-order chi connectivity index (χ1) is 13.2. The van der Waals surface area contributed by atoms with Crippen molar-refractivity contribution in [2.75, 3.05) is 45.3 Å². The van der Waals surface area contributed by atoms with Crippen molar-refractivity contribution in [3.63, 3.8) is 0 Å². The Bertz CT molecular complexity index is 751. The monoisotopic (exact) mass is 389 g/mol. The van der Waals surface area contributed by atoms with E-state index in [1.165, 1.54) is 11.6 Å². The maximum Gasteiger partial charge on any atom is 0.170 e. The molecule has 2 N–H and O–H groups in total. The second-order valence-corrected chi connectivity index (χ2v) is 6.66. The molecule has 2 aromatic rings. The van der Waals surface area contributed by atoms with Crippen LogP contribution in [0.2, 0.25) is 0 Å². The molecule has 0 amide bonds. The molecule has 1 aliphatic heterocycles. The van der Waals surface area contributed by atoms with Crippen LogP contribution in [0.4, 0.5) is 10.1 Å². The van der Waals surface area contributed by atoms with Gasteiger partial charge in [-0.25, -0.2) is 4.39 Å². The van der Waals surface area contributed by atoms with E-state index >= 15 is 0 Å². The minimum absolute atomic E-state index is 0.125. The predicted molar refractivity (Wildman–Crippen MR) is 109 cm³/mol. The van der Waals surface area contributed by atoms with Crippen LogP contribution in [0.15, 0.2) is 48.5 Å². The van der Waals surface area contributed by atoms with Gasteiger partial charge in [0.1, 0.15) is 11.6 Å². The second-order valence-electron chi connectivity index (χ2n) is 6.25. The van der Waals surface area contributed by atoms with E-state index in [4.69, 9.17) is 21.7 Å². The molecular weight excluding hydrogens is 365 g/mol. The number of benzene rings is 2. The number of hydrogen-bond donors (Lipinski definition) is 2. The van der Waals surface area contributed by atoms with Gasteiger partial charge in [0.25, 0.3) is 0 Å². The van der Waals surface area contributed by atoms with E-state index in [1.807, 2.05) is 12.1 Å². The summed E-state index contributed by atoms with van der Waals surface area (Å²) < 4.78 is 24.5. The summed E-state index contributed by atoms with van der Waals surface area (Å²) in [5.41, 5.74) is 1.53. The van der Waals surface area contributed by atoms with E-state index < -0.39 is 0 Å². The molecule has 7 heteroatoms. The van der Waals surface area contributed by atoms with Gasteiger partial charge < -0.3 is 20.1 Å². The lowest BCUT2D eigenvalue weighted by Gasteiger charge is -2.35. The molecule has 5 nitrogen and oxygen atoms in total. The highest BCUT2D eigenvalue weighted by molar-refractivity contribution is 7.80. The maximum atomic E-state index is 13.8. The van der Waals surface area contributed by atoms with Crippen molar-refractivity contribution < 1.29 is 13.9 Å². The van der Waals surface area contributed by atoms with E-state index in [1.54, 1.807) is 25.3 Å². The third-order valence-corrected chi connectivity index (χ3v) is 4.81. The Morgan fingerprint density at radius 2 is 1.89 bits per heavy atom. The molecule has 0 spiro atoms. The molecule has 1 heterocycles. The lowest BCUT2D eigenvalue weighted by molar-refractivity contribution is 0.0170. The molecule has 1 unspecified atom stereocenters. The molecule has 0 saturated carbocycles. The van der Waals surface area contributed by atoms with Crippen molar-refractivity contribution in [1.82, 2.24) is 10.2 Å². The van der Waals surface area contributed by atoms with Crippen LogP contribution in [0.3, 0.4) is 0 Å². The van der Waals surface area contributed by atoms with Gasteiger partial charge in [-0.15, -0.1) is 0 Å². The van der Waals surface area contributed by atoms with Gasteiger partial charge in [0, 0.05) is 19.6 Å². The van der Waals surface area contributed by atoms with Crippen LogP contribution in [0, 0.1) is 5.82 Å². The van der Waals surface area contributed by atoms with Crippen LogP contribution in [0.5, 0.6) is 5.75 Å². The van der Waals surface area contributed by atoms with E-state index in [2.05, 4.69) is 27.7 Å². The van der Waals surface area contributed by atoms with E-state index in [0.29, 0.717) is 30.6 Å². The molecule has 0 aromatic heterocycles. The van der Waals surface area contributed by atoms with Crippen molar-refractivity contribution >= 4 is 23.0 Å².